The topological polar surface area (TPSA) is 40.5 Å². The first-order valence-electron chi connectivity index (χ1n) is 5.81. The Labute approximate surface area is 94.7 Å². The van der Waals surface area contributed by atoms with Gasteiger partial charge in [0.05, 0.1) is 11.3 Å². The summed E-state index contributed by atoms with van der Waals surface area (Å²) in [4.78, 5) is 13.4. The number of para-hydroxylation sites is 1. The van der Waals surface area contributed by atoms with Crippen LogP contribution in [0.2, 0.25) is 0 Å². The van der Waals surface area contributed by atoms with E-state index in [-0.39, 0.29) is 0 Å². The Bertz CT molecular complexity index is 414. The van der Waals surface area contributed by atoms with Gasteiger partial charge in [0, 0.05) is 13.1 Å². The molecule has 16 heavy (non-hydrogen) atoms. The van der Waals surface area contributed by atoms with E-state index in [1.54, 1.807) is 12.1 Å². The average molecular weight is 217 g/mol. The van der Waals surface area contributed by atoms with E-state index in [0.717, 1.165) is 30.6 Å². The highest BCUT2D eigenvalue weighted by atomic mass is 16.4. The molecule has 3 fully saturated rings. The van der Waals surface area contributed by atoms with E-state index in [1.165, 1.54) is 12.8 Å². The zero-order chi connectivity index (χ0) is 11.1. The van der Waals surface area contributed by atoms with Gasteiger partial charge in [-0.05, 0) is 36.8 Å². The molecule has 2 saturated heterocycles. The molecule has 2 bridgehead atoms. The van der Waals surface area contributed by atoms with Gasteiger partial charge in [0.25, 0.3) is 0 Å². The fraction of sp³-hybridized carbons (Fsp3) is 0.462. The number of nitrogens with zero attached hydrogens (tertiary/aromatic N) is 1. The van der Waals surface area contributed by atoms with Gasteiger partial charge in [-0.3, -0.25) is 0 Å². The Morgan fingerprint density at radius 3 is 2.44 bits per heavy atom. The Balaban J connectivity index is 1.91. The van der Waals surface area contributed by atoms with Crippen molar-refractivity contribution in [3.63, 3.8) is 0 Å². The molecule has 1 aliphatic carbocycles. The van der Waals surface area contributed by atoms with Gasteiger partial charge in [-0.25, -0.2) is 4.79 Å². The standard InChI is InChI=1S/C13H15NO2/c15-13(16)11-3-1-2-4-12(11)14-7-9-5-10(6-9)8-14/h1-4,9-10H,5-8H2,(H,15,16). The Morgan fingerprint density at radius 1 is 1.19 bits per heavy atom. The van der Waals surface area contributed by atoms with Gasteiger partial charge < -0.3 is 10.0 Å². The van der Waals surface area contributed by atoms with E-state index < -0.39 is 5.97 Å². The van der Waals surface area contributed by atoms with E-state index in [2.05, 4.69) is 4.90 Å². The van der Waals surface area contributed by atoms with Crippen LogP contribution in [0, 0.1) is 11.8 Å². The first-order valence-corrected chi connectivity index (χ1v) is 5.81. The lowest BCUT2D eigenvalue weighted by molar-refractivity contribution is 0.0696. The van der Waals surface area contributed by atoms with Crippen molar-refractivity contribution in [1.82, 2.24) is 0 Å². The molecule has 0 amide bonds. The molecule has 2 heterocycles. The second-order valence-electron chi connectivity index (χ2n) is 4.93. The average Bonchev–Trinajstić information content (AvgIpc) is 2.28. The lowest BCUT2D eigenvalue weighted by atomic mass is 9.71. The van der Waals surface area contributed by atoms with Gasteiger partial charge in [0.2, 0.25) is 0 Å². The predicted molar refractivity (Wildman–Crippen MR) is 61.8 cm³/mol. The van der Waals surface area contributed by atoms with E-state index in [1.807, 2.05) is 12.1 Å². The van der Waals surface area contributed by atoms with Crippen LogP contribution in [0.4, 0.5) is 5.69 Å². The summed E-state index contributed by atoms with van der Waals surface area (Å²) in [5, 5.41) is 9.15. The normalized spacial score (nSPS) is 27.4. The molecule has 0 radical (unpaired) electrons. The molecule has 0 spiro atoms. The quantitative estimate of drug-likeness (QED) is 0.825. The van der Waals surface area contributed by atoms with Crippen LogP contribution >= 0.6 is 0 Å². The van der Waals surface area contributed by atoms with Crippen molar-refractivity contribution < 1.29 is 9.90 Å². The highest BCUT2D eigenvalue weighted by molar-refractivity contribution is 5.94. The summed E-state index contributed by atoms with van der Waals surface area (Å²) in [7, 11) is 0. The molecule has 2 aliphatic heterocycles. The van der Waals surface area contributed by atoms with Crippen molar-refractivity contribution in [1.29, 1.82) is 0 Å². The number of rotatable bonds is 2. The zero-order valence-electron chi connectivity index (χ0n) is 9.10. The fourth-order valence-corrected chi connectivity index (χ4v) is 3.00. The summed E-state index contributed by atoms with van der Waals surface area (Å²) in [6, 6.07) is 7.33. The molecule has 3 nitrogen and oxygen atoms in total. The van der Waals surface area contributed by atoms with Gasteiger partial charge in [-0.2, -0.15) is 0 Å². The second kappa shape index (κ2) is 3.51. The van der Waals surface area contributed by atoms with E-state index in [0.29, 0.717) is 5.56 Å². The van der Waals surface area contributed by atoms with Gasteiger partial charge in [0.15, 0.2) is 0 Å². The van der Waals surface area contributed by atoms with Crippen LogP contribution < -0.4 is 4.90 Å². The number of carboxylic acid groups (broad SMARTS) is 1. The third-order valence-electron chi connectivity index (χ3n) is 3.77. The van der Waals surface area contributed by atoms with Gasteiger partial charge in [-0.15, -0.1) is 0 Å². The lowest BCUT2D eigenvalue weighted by Crippen LogP contribution is -2.49. The number of aromatic carboxylic acids is 1. The predicted octanol–water partition coefficient (Wildman–Crippen LogP) is 2.23. The van der Waals surface area contributed by atoms with Crippen molar-refractivity contribution in [2.24, 2.45) is 11.8 Å². The zero-order valence-corrected chi connectivity index (χ0v) is 9.10. The van der Waals surface area contributed by atoms with Gasteiger partial charge >= 0.3 is 5.97 Å². The molecule has 4 rings (SSSR count). The van der Waals surface area contributed by atoms with Crippen molar-refractivity contribution in [3.8, 4) is 0 Å². The van der Waals surface area contributed by atoms with E-state index in [4.69, 9.17) is 5.11 Å². The highest BCUT2D eigenvalue weighted by Gasteiger charge is 2.37. The van der Waals surface area contributed by atoms with Crippen LogP contribution in [0.15, 0.2) is 24.3 Å². The molecule has 3 aliphatic rings. The van der Waals surface area contributed by atoms with Crippen molar-refractivity contribution >= 4 is 11.7 Å². The Kier molecular flexibility index (Phi) is 2.13. The molecule has 0 unspecified atom stereocenters. The smallest absolute Gasteiger partial charge is 0.337 e. The first-order chi connectivity index (χ1) is 7.74. The molecule has 1 saturated carbocycles. The number of hydrogen-bond acceptors (Lipinski definition) is 2. The van der Waals surface area contributed by atoms with E-state index >= 15 is 0 Å². The lowest BCUT2D eigenvalue weighted by Gasteiger charge is -2.48. The van der Waals surface area contributed by atoms with Crippen LogP contribution in [0.5, 0.6) is 0 Å². The highest BCUT2D eigenvalue weighted by Crippen LogP contribution is 2.41. The van der Waals surface area contributed by atoms with Crippen LogP contribution in [0.25, 0.3) is 0 Å². The van der Waals surface area contributed by atoms with E-state index in [9.17, 15) is 4.79 Å². The number of carboxylic acids is 1. The molecular weight excluding hydrogens is 202 g/mol. The molecule has 1 aromatic rings. The number of benzene rings is 1. The SMILES string of the molecule is O=C(O)c1ccccc1N1CC2CC(C2)C1. The maximum Gasteiger partial charge on any atom is 0.337 e. The minimum Gasteiger partial charge on any atom is -0.478 e. The minimum absolute atomic E-state index is 0.434. The first kappa shape index (κ1) is 9.70. The number of fused-ring (bicyclic) bond motifs is 2. The van der Waals surface area contributed by atoms with Crippen LogP contribution in [-0.2, 0) is 0 Å². The number of anilines is 1. The maximum atomic E-state index is 11.1. The van der Waals surface area contributed by atoms with Crippen LogP contribution in [0.3, 0.4) is 0 Å². The van der Waals surface area contributed by atoms with Crippen LogP contribution in [0.1, 0.15) is 23.2 Å². The molecular formula is C13H15NO2. The summed E-state index contributed by atoms with van der Waals surface area (Å²) in [5.41, 5.74) is 1.33. The minimum atomic E-state index is -0.824. The Morgan fingerprint density at radius 2 is 1.81 bits per heavy atom. The second-order valence-corrected chi connectivity index (χ2v) is 4.93. The van der Waals surface area contributed by atoms with Crippen molar-refractivity contribution in [2.75, 3.05) is 18.0 Å². The summed E-state index contributed by atoms with van der Waals surface area (Å²) >= 11 is 0. The third kappa shape index (κ3) is 1.47. The van der Waals surface area contributed by atoms with Crippen molar-refractivity contribution in [3.05, 3.63) is 29.8 Å². The van der Waals surface area contributed by atoms with Gasteiger partial charge in [0.1, 0.15) is 0 Å². The molecule has 1 N–H and O–H groups in total. The van der Waals surface area contributed by atoms with Crippen LogP contribution in [-0.4, -0.2) is 24.2 Å². The maximum absolute atomic E-state index is 11.1. The third-order valence-corrected chi connectivity index (χ3v) is 3.77. The molecule has 0 aromatic heterocycles. The van der Waals surface area contributed by atoms with Crippen molar-refractivity contribution in [2.45, 2.75) is 12.8 Å². The number of carbonyl (C=O) groups is 1. The number of hydrogen-bond donors (Lipinski definition) is 1. The van der Waals surface area contributed by atoms with Gasteiger partial charge in [-0.1, -0.05) is 12.1 Å². The Hall–Kier alpha value is -1.51. The molecule has 1 aromatic carbocycles. The molecule has 84 valence electrons. The summed E-state index contributed by atoms with van der Waals surface area (Å²) in [5.74, 6) is 0.760. The number of piperidine rings is 2. The summed E-state index contributed by atoms with van der Waals surface area (Å²) < 4.78 is 0. The summed E-state index contributed by atoms with van der Waals surface area (Å²) in [6.07, 6.45) is 2.68. The summed E-state index contributed by atoms with van der Waals surface area (Å²) in [6.45, 7) is 2.06. The molecule has 0 atom stereocenters. The fourth-order valence-electron chi connectivity index (χ4n) is 3.00. The molecule has 3 heteroatoms. The monoisotopic (exact) mass is 217 g/mol. The largest absolute Gasteiger partial charge is 0.478 e.